The Labute approximate surface area is 142 Å². The Morgan fingerprint density at radius 1 is 1.09 bits per heavy atom. The Morgan fingerprint density at radius 2 is 1.61 bits per heavy atom. The van der Waals surface area contributed by atoms with Gasteiger partial charge in [0.2, 0.25) is 0 Å². The molecule has 1 rings (SSSR count). The number of carbonyl (C=O) groups is 2. The van der Waals surface area contributed by atoms with Crippen LogP contribution in [0.5, 0.6) is 0 Å². The number of benzene rings is 1. The first-order valence-corrected chi connectivity index (χ1v) is 8.03. The summed E-state index contributed by atoms with van der Waals surface area (Å²) in [5.74, 6) is -2.33. The second kappa shape index (κ2) is 9.60. The van der Waals surface area contributed by atoms with Gasteiger partial charge in [-0.15, -0.1) is 0 Å². The van der Waals surface area contributed by atoms with Gasteiger partial charge in [0.05, 0.1) is 12.2 Å². The normalized spacial score (nSPS) is 10.7. The van der Waals surface area contributed by atoms with Crippen LogP contribution in [0, 0.1) is 17.6 Å². The summed E-state index contributed by atoms with van der Waals surface area (Å²) < 4.78 is 37.1. The van der Waals surface area contributed by atoms with Crippen LogP contribution in [0.15, 0.2) is 16.6 Å². The summed E-state index contributed by atoms with van der Waals surface area (Å²) in [5, 5.41) is 0. The molecule has 0 aromatic heterocycles. The minimum atomic E-state index is -0.790. The van der Waals surface area contributed by atoms with Crippen LogP contribution in [-0.4, -0.2) is 18.5 Å². The van der Waals surface area contributed by atoms with Crippen LogP contribution in [0.25, 0.3) is 0 Å². The number of carbonyl (C=O) groups excluding carboxylic acids is 2. The minimum Gasteiger partial charge on any atom is -0.465 e. The van der Waals surface area contributed by atoms with E-state index in [1.54, 1.807) is 0 Å². The molecule has 0 aliphatic rings. The van der Waals surface area contributed by atoms with Crippen molar-refractivity contribution in [3.8, 4) is 0 Å². The van der Waals surface area contributed by atoms with Crippen molar-refractivity contribution < 1.29 is 27.8 Å². The van der Waals surface area contributed by atoms with Crippen molar-refractivity contribution in [1.82, 2.24) is 0 Å². The van der Waals surface area contributed by atoms with Crippen LogP contribution in [-0.2, 0) is 25.7 Å². The van der Waals surface area contributed by atoms with E-state index in [0.717, 1.165) is 12.1 Å². The van der Waals surface area contributed by atoms with E-state index in [2.05, 4.69) is 15.9 Å². The van der Waals surface area contributed by atoms with Gasteiger partial charge < -0.3 is 9.47 Å². The average Bonchev–Trinajstić information content (AvgIpc) is 2.44. The molecule has 0 amide bonds. The van der Waals surface area contributed by atoms with Gasteiger partial charge in [0.25, 0.3) is 0 Å². The molecule has 0 unspecified atom stereocenters. The molecule has 1 aromatic rings. The lowest BCUT2D eigenvalue weighted by Gasteiger charge is -2.08. The maximum Gasteiger partial charge on any atom is 0.306 e. The topological polar surface area (TPSA) is 52.6 Å². The number of halogens is 3. The summed E-state index contributed by atoms with van der Waals surface area (Å²) in [6.07, 6.45) is 0.348. The van der Waals surface area contributed by atoms with Crippen molar-refractivity contribution in [3.63, 3.8) is 0 Å². The second-order valence-electron chi connectivity index (χ2n) is 5.44. The van der Waals surface area contributed by atoms with Crippen molar-refractivity contribution in [2.75, 3.05) is 6.61 Å². The van der Waals surface area contributed by atoms with Crippen LogP contribution in [0.4, 0.5) is 8.78 Å². The number of esters is 2. The van der Waals surface area contributed by atoms with Gasteiger partial charge >= 0.3 is 11.9 Å². The first-order chi connectivity index (χ1) is 10.8. The third-order valence-corrected chi connectivity index (χ3v) is 3.28. The van der Waals surface area contributed by atoms with Gasteiger partial charge in [0.15, 0.2) is 0 Å². The number of hydrogen-bond acceptors (Lipinski definition) is 4. The van der Waals surface area contributed by atoms with E-state index in [9.17, 15) is 18.4 Å². The van der Waals surface area contributed by atoms with E-state index in [4.69, 9.17) is 9.47 Å². The molecule has 0 N–H and O–H groups in total. The fraction of sp³-hybridized carbons (Fsp3) is 0.500. The van der Waals surface area contributed by atoms with E-state index in [0.29, 0.717) is 6.61 Å². The molecule has 0 saturated carbocycles. The summed E-state index contributed by atoms with van der Waals surface area (Å²) in [4.78, 5) is 22.9. The van der Waals surface area contributed by atoms with Gasteiger partial charge in [0, 0.05) is 17.3 Å². The Morgan fingerprint density at radius 3 is 2.13 bits per heavy atom. The largest absolute Gasteiger partial charge is 0.465 e. The molecular formula is C16H19BrF2O4. The van der Waals surface area contributed by atoms with Crippen molar-refractivity contribution in [2.24, 2.45) is 5.92 Å². The summed E-state index contributed by atoms with van der Waals surface area (Å²) in [7, 11) is 0. The van der Waals surface area contributed by atoms with Gasteiger partial charge in [0.1, 0.15) is 18.2 Å². The predicted molar refractivity (Wildman–Crippen MR) is 83.5 cm³/mol. The Hall–Kier alpha value is -1.50. The summed E-state index contributed by atoms with van der Waals surface area (Å²) in [5.41, 5.74) is -0.308. The fourth-order valence-corrected chi connectivity index (χ4v) is 2.05. The van der Waals surface area contributed by atoms with Crippen LogP contribution >= 0.6 is 15.9 Å². The highest BCUT2D eigenvalue weighted by Crippen LogP contribution is 2.20. The summed E-state index contributed by atoms with van der Waals surface area (Å²) >= 11 is 2.96. The average molecular weight is 393 g/mol. The van der Waals surface area contributed by atoms with E-state index in [-0.39, 0.29) is 41.2 Å². The van der Waals surface area contributed by atoms with Gasteiger partial charge in [-0.3, -0.25) is 9.59 Å². The smallest absolute Gasteiger partial charge is 0.306 e. The van der Waals surface area contributed by atoms with Crippen molar-refractivity contribution in [1.29, 1.82) is 0 Å². The lowest BCUT2D eigenvalue weighted by molar-refractivity contribution is -0.146. The van der Waals surface area contributed by atoms with Gasteiger partial charge in [-0.25, -0.2) is 8.78 Å². The minimum absolute atomic E-state index is 0.0173. The molecule has 23 heavy (non-hydrogen) atoms. The fourth-order valence-electron chi connectivity index (χ4n) is 1.64. The molecule has 7 heteroatoms. The quantitative estimate of drug-likeness (QED) is 0.623. The molecule has 0 bridgehead atoms. The SMILES string of the molecule is CC(C)COC(=O)CCCC(=O)OCc1c(F)cc(Br)cc1F. The second-order valence-corrected chi connectivity index (χ2v) is 6.35. The zero-order valence-electron chi connectivity index (χ0n) is 13.0. The van der Waals surface area contributed by atoms with Crippen LogP contribution < -0.4 is 0 Å². The Bertz CT molecular complexity index is 538. The zero-order chi connectivity index (χ0) is 17.4. The Balaban J connectivity index is 2.31. The summed E-state index contributed by atoms with van der Waals surface area (Å²) in [6, 6.07) is 2.19. The molecule has 0 heterocycles. The van der Waals surface area contributed by atoms with E-state index < -0.39 is 24.2 Å². The van der Waals surface area contributed by atoms with Crippen molar-refractivity contribution in [2.45, 2.75) is 39.7 Å². The molecule has 0 aliphatic carbocycles. The molecule has 0 atom stereocenters. The molecule has 1 aromatic carbocycles. The molecular weight excluding hydrogens is 374 g/mol. The highest BCUT2D eigenvalue weighted by molar-refractivity contribution is 9.10. The molecule has 0 radical (unpaired) electrons. The standard InChI is InChI=1S/C16H19BrF2O4/c1-10(2)8-22-15(20)4-3-5-16(21)23-9-12-13(18)6-11(17)7-14(12)19/h6-7,10H,3-5,8-9H2,1-2H3. The molecule has 0 saturated heterocycles. The maximum absolute atomic E-state index is 13.5. The highest BCUT2D eigenvalue weighted by Gasteiger charge is 2.13. The lowest BCUT2D eigenvalue weighted by atomic mass is 10.2. The third kappa shape index (κ3) is 7.54. The number of hydrogen-bond donors (Lipinski definition) is 0. The molecule has 0 spiro atoms. The molecule has 128 valence electrons. The maximum atomic E-state index is 13.5. The lowest BCUT2D eigenvalue weighted by Crippen LogP contribution is -2.11. The monoisotopic (exact) mass is 392 g/mol. The molecule has 0 aliphatic heterocycles. The van der Waals surface area contributed by atoms with Crippen LogP contribution in [0.3, 0.4) is 0 Å². The van der Waals surface area contributed by atoms with E-state index >= 15 is 0 Å². The Kier molecular flexibility index (Phi) is 8.16. The molecule has 4 nitrogen and oxygen atoms in total. The number of ether oxygens (including phenoxy) is 2. The number of rotatable bonds is 8. The zero-order valence-corrected chi connectivity index (χ0v) is 14.6. The van der Waals surface area contributed by atoms with E-state index in [1.165, 1.54) is 0 Å². The van der Waals surface area contributed by atoms with Gasteiger partial charge in [-0.1, -0.05) is 29.8 Å². The van der Waals surface area contributed by atoms with Crippen molar-refractivity contribution in [3.05, 3.63) is 33.8 Å². The first kappa shape index (κ1) is 19.5. The third-order valence-electron chi connectivity index (χ3n) is 2.82. The van der Waals surface area contributed by atoms with Gasteiger partial charge in [-0.05, 0) is 24.5 Å². The summed E-state index contributed by atoms with van der Waals surface area (Å²) in [6.45, 7) is 3.70. The highest BCUT2D eigenvalue weighted by atomic mass is 79.9. The first-order valence-electron chi connectivity index (χ1n) is 7.24. The molecule has 0 fully saturated rings. The van der Waals surface area contributed by atoms with Crippen LogP contribution in [0.1, 0.15) is 38.7 Å². The van der Waals surface area contributed by atoms with Gasteiger partial charge in [-0.2, -0.15) is 0 Å². The van der Waals surface area contributed by atoms with E-state index in [1.807, 2.05) is 13.8 Å². The predicted octanol–water partition coefficient (Wildman–Crippen LogP) is 4.14. The van der Waals surface area contributed by atoms with Crippen LogP contribution in [0.2, 0.25) is 0 Å². The van der Waals surface area contributed by atoms with Crippen molar-refractivity contribution >= 4 is 27.9 Å².